The van der Waals surface area contributed by atoms with E-state index in [9.17, 15) is 31.2 Å². The van der Waals surface area contributed by atoms with Crippen LogP contribution in [0.3, 0.4) is 0 Å². The maximum Gasteiger partial charge on any atom is 0.416 e. The van der Waals surface area contributed by atoms with Gasteiger partial charge < -0.3 is 0 Å². The first-order valence-electron chi connectivity index (χ1n) is 8.14. The molecule has 0 radical (unpaired) electrons. The van der Waals surface area contributed by atoms with E-state index in [0.717, 1.165) is 0 Å². The Kier molecular flexibility index (Phi) is 7.48. The molecule has 0 aromatic heterocycles. The number of ketones is 2. The Morgan fingerprint density at radius 2 is 1.79 bits per heavy atom. The Balaban J connectivity index is 0.000000892. The molecule has 1 aromatic carbocycles. The molecule has 1 saturated carbocycles. The zero-order chi connectivity index (χ0) is 21.7. The van der Waals surface area contributed by atoms with Crippen molar-refractivity contribution in [3.8, 4) is 12.1 Å². The summed E-state index contributed by atoms with van der Waals surface area (Å²) in [4.78, 5) is 23.5. The lowest BCUT2D eigenvalue weighted by Crippen LogP contribution is -2.26. The van der Waals surface area contributed by atoms with Crippen LogP contribution < -0.4 is 0 Å². The number of Topliss-reactive ketones (excluding diaryl/α,β-unsaturated/α-hetero) is 2. The van der Waals surface area contributed by atoms with Gasteiger partial charge in [-0.15, -0.1) is 0 Å². The third kappa shape index (κ3) is 5.89. The Morgan fingerprint density at radius 3 is 2.14 bits per heavy atom. The van der Waals surface area contributed by atoms with Crippen molar-refractivity contribution < 1.29 is 31.2 Å². The monoisotopic (exact) mass is 414 g/mol. The third-order valence-corrected chi connectivity index (χ3v) is 4.92. The number of alkyl halides is 3. The summed E-state index contributed by atoms with van der Waals surface area (Å²) in [5, 5.41) is 16.7. The summed E-state index contributed by atoms with van der Waals surface area (Å²) >= 11 is 0. The van der Waals surface area contributed by atoms with Crippen molar-refractivity contribution in [3.63, 3.8) is 0 Å². The molecule has 2 rings (SSSR count). The first kappa shape index (κ1) is 23.3. The summed E-state index contributed by atoms with van der Waals surface area (Å²) < 4.78 is 61.9. The van der Waals surface area contributed by atoms with E-state index >= 15 is 0 Å². The van der Waals surface area contributed by atoms with Gasteiger partial charge in [0.25, 0.3) is 0 Å². The number of carbonyl (C=O) groups is 2. The predicted octanol–water partition coefficient (Wildman–Crippen LogP) is 3.33. The molecule has 1 atom stereocenters. The number of nitriles is 2. The van der Waals surface area contributed by atoms with Gasteiger partial charge in [0.05, 0.1) is 22.6 Å². The molecule has 28 heavy (non-hydrogen) atoms. The Bertz CT molecular complexity index is 953. The van der Waals surface area contributed by atoms with Crippen LogP contribution in [0.15, 0.2) is 23.1 Å². The van der Waals surface area contributed by atoms with Gasteiger partial charge in [-0.2, -0.15) is 23.7 Å². The van der Waals surface area contributed by atoms with E-state index in [-0.39, 0.29) is 0 Å². The van der Waals surface area contributed by atoms with E-state index in [0.29, 0.717) is 43.7 Å². The van der Waals surface area contributed by atoms with Crippen LogP contribution in [-0.4, -0.2) is 26.2 Å². The normalized spacial score (nSPS) is 14.7. The van der Waals surface area contributed by atoms with Crippen molar-refractivity contribution in [3.05, 3.63) is 29.3 Å². The summed E-state index contributed by atoms with van der Waals surface area (Å²) in [6.07, 6.45) is -2.44. The van der Waals surface area contributed by atoms with Crippen LogP contribution in [0.2, 0.25) is 0 Å². The predicted molar refractivity (Wildman–Crippen MR) is 91.6 cm³/mol. The van der Waals surface area contributed by atoms with Gasteiger partial charge in [0.2, 0.25) is 0 Å². The lowest BCUT2D eigenvalue weighted by molar-refractivity contribution is -0.137. The molecular weight excluding hydrogens is 397 g/mol. The molecule has 1 fully saturated rings. The number of hydrogen-bond acceptors (Lipinski definition) is 6. The van der Waals surface area contributed by atoms with Crippen molar-refractivity contribution in [1.82, 2.24) is 0 Å². The van der Waals surface area contributed by atoms with E-state index in [1.165, 1.54) is 6.07 Å². The average molecular weight is 414 g/mol. The van der Waals surface area contributed by atoms with Crippen molar-refractivity contribution in [2.24, 2.45) is 11.8 Å². The van der Waals surface area contributed by atoms with Gasteiger partial charge in [0, 0.05) is 24.2 Å². The maximum absolute atomic E-state index is 12.8. The van der Waals surface area contributed by atoms with E-state index in [4.69, 9.17) is 10.5 Å². The van der Waals surface area contributed by atoms with E-state index < -0.39 is 55.4 Å². The fourth-order valence-electron chi connectivity index (χ4n) is 2.22. The van der Waals surface area contributed by atoms with E-state index in [2.05, 4.69) is 0 Å². The first-order valence-corrected chi connectivity index (χ1v) is 10.0. The number of hydrogen-bond donors (Lipinski definition) is 0. The van der Waals surface area contributed by atoms with Crippen LogP contribution in [0.1, 0.15) is 42.1 Å². The van der Waals surface area contributed by atoms with Crippen molar-refractivity contribution in [2.45, 2.75) is 37.3 Å². The molecule has 0 bridgehead atoms. The van der Waals surface area contributed by atoms with Gasteiger partial charge in [0.1, 0.15) is 0 Å². The van der Waals surface area contributed by atoms with E-state index in [1.807, 2.05) is 13.0 Å². The molecule has 0 aliphatic heterocycles. The molecular formula is C18H17F3N2O4S. The fraction of sp³-hybridized carbons (Fsp3) is 0.444. The van der Waals surface area contributed by atoms with Crippen LogP contribution in [0, 0.1) is 34.5 Å². The lowest BCUT2D eigenvalue weighted by atomic mass is 9.92. The summed E-state index contributed by atoms with van der Waals surface area (Å²) in [5.74, 6) is -3.85. The van der Waals surface area contributed by atoms with Crippen LogP contribution >= 0.6 is 0 Å². The van der Waals surface area contributed by atoms with Crippen molar-refractivity contribution >= 4 is 21.4 Å². The quantitative estimate of drug-likeness (QED) is 0.539. The van der Waals surface area contributed by atoms with Crippen LogP contribution in [0.25, 0.3) is 0 Å². The van der Waals surface area contributed by atoms with Gasteiger partial charge in [0.15, 0.2) is 27.3 Å². The summed E-state index contributed by atoms with van der Waals surface area (Å²) in [7, 11) is -4.17. The highest BCUT2D eigenvalue weighted by Gasteiger charge is 2.40. The Hall–Kier alpha value is -2.72. The molecule has 6 nitrogen and oxygen atoms in total. The number of nitrogens with zero attached hydrogens (tertiary/aromatic N) is 2. The second-order valence-corrected chi connectivity index (χ2v) is 8.08. The zero-order valence-corrected chi connectivity index (χ0v) is 15.9. The topological polar surface area (TPSA) is 116 Å². The molecule has 1 aliphatic carbocycles. The van der Waals surface area contributed by atoms with Gasteiger partial charge in [-0.1, -0.05) is 6.92 Å². The molecule has 10 heteroatoms. The number of halogens is 3. The third-order valence-electron chi connectivity index (χ3n) is 3.79. The van der Waals surface area contributed by atoms with Crippen LogP contribution in [0.4, 0.5) is 13.2 Å². The lowest BCUT2D eigenvalue weighted by Gasteiger charge is -2.13. The minimum absolute atomic E-state index is 0.346. The zero-order valence-electron chi connectivity index (χ0n) is 15.1. The highest BCUT2D eigenvalue weighted by Crippen LogP contribution is 2.35. The minimum Gasteiger partial charge on any atom is -0.297 e. The Morgan fingerprint density at radius 1 is 1.25 bits per heavy atom. The largest absolute Gasteiger partial charge is 0.416 e. The van der Waals surface area contributed by atoms with E-state index in [1.54, 1.807) is 0 Å². The van der Waals surface area contributed by atoms with Crippen LogP contribution in [-0.2, 0) is 20.8 Å². The molecule has 1 aromatic rings. The second-order valence-electron chi connectivity index (χ2n) is 6.10. The van der Waals surface area contributed by atoms with Gasteiger partial charge in [-0.3, -0.25) is 9.59 Å². The SMILES string of the molecule is CCC#N.CS(=O)(=O)c1cc(C(F)(F)F)ccc1C(=O)C(C#N)C(=O)C1CC1. The molecule has 0 saturated heterocycles. The summed E-state index contributed by atoms with van der Waals surface area (Å²) in [5.41, 5.74) is -1.81. The highest BCUT2D eigenvalue weighted by molar-refractivity contribution is 7.90. The highest BCUT2D eigenvalue weighted by atomic mass is 32.2. The van der Waals surface area contributed by atoms with Gasteiger partial charge in [-0.25, -0.2) is 8.42 Å². The smallest absolute Gasteiger partial charge is 0.297 e. The summed E-state index contributed by atoms with van der Waals surface area (Å²) in [6.45, 7) is 1.82. The number of sulfone groups is 1. The second kappa shape index (κ2) is 8.98. The maximum atomic E-state index is 12.8. The van der Waals surface area contributed by atoms with Crippen molar-refractivity contribution in [1.29, 1.82) is 10.5 Å². The number of benzene rings is 1. The van der Waals surface area contributed by atoms with Gasteiger partial charge >= 0.3 is 6.18 Å². The standard InChI is InChI=1S/C15H12F3NO4S.C3H5N/c1-24(22,23)12-6-9(15(16,17)18)4-5-10(12)14(21)11(7-19)13(20)8-2-3-8;1-2-3-4/h4-6,8,11H,2-3H2,1H3;2H2,1H3. The number of carbonyl (C=O) groups excluding carboxylic acids is 2. The Labute approximate surface area is 160 Å². The molecule has 0 N–H and O–H groups in total. The first-order chi connectivity index (χ1) is 12.9. The average Bonchev–Trinajstić information content (AvgIpc) is 3.45. The minimum atomic E-state index is -4.79. The molecule has 0 amide bonds. The number of rotatable bonds is 5. The molecule has 0 heterocycles. The molecule has 1 unspecified atom stereocenters. The van der Waals surface area contributed by atoms with Gasteiger partial charge in [-0.05, 0) is 31.0 Å². The molecule has 0 spiro atoms. The van der Waals surface area contributed by atoms with Crippen LogP contribution in [0.5, 0.6) is 0 Å². The summed E-state index contributed by atoms with van der Waals surface area (Å²) in [6, 6.07) is 5.06. The fourth-order valence-corrected chi connectivity index (χ4v) is 3.13. The van der Waals surface area contributed by atoms with Crippen molar-refractivity contribution in [2.75, 3.05) is 6.26 Å². The molecule has 1 aliphatic rings. The molecule has 150 valence electrons.